The summed E-state index contributed by atoms with van der Waals surface area (Å²) in [6, 6.07) is 10.4. The van der Waals surface area contributed by atoms with Crippen LogP contribution < -0.4 is 16.4 Å². The molecule has 0 bridgehead atoms. The van der Waals surface area contributed by atoms with E-state index in [9.17, 15) is 4.79 Å². The molecule has 26 heavy (non-hydrogen) atoms. The molecule has 5 nitrogen and oxygen atoms in total. The maximum absolute atomic E-state index is 12.4. The van der Waals surface area contributed by atoms with Gasteiger partial charge >= 0.3 is 0 Å². The topological polar surface area (TPSA) is 70.4 Å². The number of benzene rings is 1. The molecule has 0 saturated carbocycles. The van der Waals surface area contributed by atoms with Crippen molar-refractivity contribution in [2.45, 2.75) is 32.2 Å². The monoisotopic (exact) mass is 354 g/mol. The van der Waals surface area contributed by atoms with Crippen LogP contribution in [-0.2, 0) is 4.79 Å². The molecule has 1 amide bonds. The third-order valence-electron chi connectivity index (χ3n) is 5.64. The molecule has 3 rings (SSSR count). The lowest BCUT2D eigenvalue weighted by Gasteiger charge is -2.43. The Morgan fingerprint density at radius 3 is 2.46 bits per heavy atom. The van der Waals surface area contributed by atoms with Crippen molar-refractivity contribution < 1.29 is 4.79 Å². The maximum Gasteiger partial charge on any atom is 0.252 e. The Balaban J connectivity index is 1.98. The zero-order valence-corrected chi connectivity index (χ0v) is 15.8. The van der Waals surface area contributed by atoms with E-state index in [1.807, 2.05) is 43.3 Å². The predicted molar refractivity (Wildman–Crippen MR) is 106 cm³/mol. The molecule has 1 atom stereocenters. The summed E-state index contributed by atoms with van der Waals surface area (Å²) in [7, 11) is 2.09. The van der Waals surface area contributed by atoms with Gasteiger partial charge in [0.1, 0.15) is 5.82 Å². The molecule has 1 aromatic carbocycles. The fraction of sp³-hybridized carbons (Fsp3) is 0.476. The number of nitrogens with one attached hydrogen (secondary N) is 2. The van der Waals surface area contributed by atoms with Crippen LogP contribution >= 0.6 is 0 Å². The van der Waals surface area contributed by atoms with E-state index >= 15 is 0 Å². The van der Waals surface area contributed by atoms with Crippen molar-refractivity contribution in [1.82, 2.24) is 15.5 Å². The van der Waals surface area contributed by atoms with E-state index in [0.29, 0.717) is 17.5 Å². The summed E-state index contributed by atoms with van der Waals surface area (Å²) >= 11 is 0. The molecule has 0 aromatic heterocycles. The quantitative estimate of drug-likeness (QED) is 0.724. The van der Waals surface area contributed by atoms with E-state index in [-0.39, 0.29) is 5.91 Å². The van der Waals surface area contributed by atoms with Crippen LogP contribution in [0.25, 0.3) is 5.57 Å². The van der Waals surface area contributed by atoms with Crippen LogP contribution in [0.3, 0.4) is 0 Å². The van der Waals surface area contributed by atoms with Gasteiger partial charge in [0.25, 0.3) is 5.91 Å². The number of amides is 1. The molecule has 2 heterocycles. The van der Waals surface area contributed by atoms with Gasteiger partial charge in [-0.2, -0.15) is 0 Å². The SMILES string of the molecule is C/C=C(\C(C(N)=O)=C1\NCC[C@@H](C2CCNCC2)N1C)c1ccccc1. The molecule has 2 aliphatic heterocycles. The Kier molecular flexibility index (Phi) is 5.99. The van der Waals surface area contributed by atoms with Crippen molar-refractivity contribution in [3.05, 3.63) is 53.4 Å². The molecule has 2 fully saturated rings. The Morgan fingerprint density at radius 2 is 1.85 bits per heavy atom. The first-order valence-corrected chi connectivity index (χ1v) is 9.57. The fourth-order valence-electron chi connectivity index (χ4n) is 4.32. The Bertz CT molecular complexity index is 689. The van der Waals surface area contributed by atoms with Gasteiger partial charge in [-0.15, -0.1) is 0 Å². The highest BCUT2D eigenvalue weighted by molar-refractivity contribution is 6.08. The average molecular weight is 354 g/mol. The Morgan fingerprint density at radius 1 is 1.15 bits per heavy atom. The summed E-state index contributed by atoms with van der Waals surface area (Å²) in [6.07, 6.45) is 5.44. The van der Waals surface area contributed by atoms with Crippen molar-refractivity contribution in [1.29, 1.82) is 0 Å². The number of primary amides is 1. The van der Waals surface area contributed by atoms with Crippen LogP contribution in [0.5, 0.6) is 0 Å². The number of carbonyl (C=O) groups is 1. The zero-order chi connectivity index (χ0) is 18.5. The first-order valence-electron chi connectivity index (χ1n) is 9.57. The van der Waals surface area contributed by atoms with Gasteiger partial charge in [-0.3, -0.25) is 4.79 Å². The summed E-state index contributed by atoms with van der Waals surface area (Å²) in [5.74, 6) is 1.13. The Hall–Kier alpha value is -2.27. The van der Waals surface area contributed by atoms with Crippen LogP contribution in [0.4, 0.5) is 0 Å². The van der Waals surface area contributed by atoms with Crippen molar-refractivity contribution in [2.75, 3.05) is 26.7 Å². The second-order valence-corrected chi connectivity index (χ2v) is 7.14. The highest BCUT2D eigenvalue weighted by atomic mass is 16.1. The number of nitrogens with two attached hydrogens (primary N) is 1. The van der Waals surface area contributed by atoms with Crippen molar-refractivity contribution in [3.63, 3.8) is 0 Å². The lowest BCUT2D eigenvalue weighted by molar-refractivity contribution is -0.114. The molecular formula is C21H30N4O. The minimum Gasteiger partial charge on any atom is -0.371 e. The van der Waals surface area contributed by atoms with Crippen LogP contribution in [-0.4, -0.2) is 43.5 Å². The van der Waals surface area contributed by atoms with E-state index in [1.165, 1.54) is 12.8 Å². The van der Waals surface area contributed by atoms with Gasteiger partial charge in [0, 0.05) is 19.6 Å². The van der Waals surface area contributed by atoms with Gasteiger partial charge in [0.2, 0.25) is 0 Å². The van der Waals surface area contributed by atoms with E-state index in [1.54, 1.807) is 0 Å². The second-order valence-electron chi connectivity index (χ2n) is 7.14. The van der Waals surface area contributed by atoms with Crippen molar-refractivity contribution in [2.24, 2.45) is 11.7 Å². The number of piperidine rings is 1. The molecule has 0 spiro atoms. The molecule has 2 saturated heterocycles. The summed E-state index contributed by atoms with van der Waals surface area (Å²) in [5, 5.41) is 6.89. The van der Waals surface area contributed by atoms with Gasteiger partial charge in [-0.05, 0) is 56.3 Å². The summed E-state index contributed by atoms with van der Waals surface area (Å²) < 4.78 is 0. The smallest absolute Gasteiger partial charge is 0.252 e. The standard InChI is InChI=1S/C21H30N4O/c1-3-17(15-7-5-4-6-8-15)19(20(22)26)21-24-14-11-18(25(21)2)16-9-12-23-13-10-16/h3-8,16,18,23-24H,9-14H2,1-2H3,(H2,22,26)/b17-3-,21-19+/t18-/m0/s1. The fourth-order valence-corrected chi connectivity index (χ4v) is 4.32. The minimum absolute atomic E-state index is 0.387. The van der Waals surface area contributed by atoms with Gasteiger partial charge in [-0.1, -0.05) is 36.4 Å². The first kappa shape index (κ1) is 18.5. The first-order chi connectivity index (χ1) is 12.6. The van der Waals surface area contributed by atoms with Crippen LogP contribution in [0.15, 0.2) is 47.8 Å². The maximum atomic E-state index is 12.4. The summed E-state index contributed by atoms with van der Waals surface area (Å²) in [4.78, 5) is 14.7. The highest BCUT2D eigenvalue weighted by Gasteiger charge is 2.33. The third-order valence-corrected chi connectivity index (χ3v) is 5.64. The molecule has 1 aromatic rings. The van der Waals surface area contributed by atoms with Gasteiger partial charge < -0.3 is 21.3 Å². The molecular weight excluding hydrogens is 324 g/mol. The third kappa shape index (κ3) is 3.78. The molecule has 140 valence electrons. The number of allylic oxidation sites excluding steroid dienone is 1. The molecule has 0 aliphatic carbocycles. The van der Waals surface area contributed by atoms with Crippen LogP contribution in [0.2, 0.25) is 0 Å². The van der Waals surface area contributed by atoms with Gasteiger partial charge in [0.05, 0.1) is 5.57 Å². The average Bonchev–Trinajstić information content (AvgIpc) is 2.68. The second kappa shape index (κ2) is 8.41. The number of rotatable bonds is 4. The molecule has 2 aliphatic rings. The predicted octanol–water partition coefficient (Wildman–Crippen LogP) is 2.08. The van der Waals surface area contributed by atoms with E-state index < -0.39 is 0 Å². The molecule has 4 N–H and O–H groups in total. The zero-order valence-electron chi connectivity index (χ0n) is 15.8. The van der Waals surface area contributed by atoms with E-state index in [4.69, 9.17) is 5.73 Å². The normalized spacial score (nSPS) is 24.2. The number of carbonyl (C=O) groups excluding carboxylic acids is 1. The highest BCUT2D eigenvalue weighted by Crippen LogP contribution is 2.32. The van der Waals surface area contributed by atoms with Crippen molar-refractivity contribution in [3.8, 4) is 0 Å². The van der Waals surface area contributed by atoms with Crippen LogP contribution in [0, 0.1) is 5.92 Å². The summed E-state index contributed by atoms with van der Waals surface area (Å²) in [6.45, 7) is 4.98. The van der Waals surface area contributed by atoms with E-state index in [2.05, 4.69) is 22.6 Å². The number of hydrogen-bond donors (Lipinski definition) is 3. The Labute approximate surface area is 156 Å². The largest absolute Gasteiger partial charge is 0.371 e. The van der Waals surface area contributed by atoms with Gasteiger partial charge in [0.15, 0.2) is 0 Å². The minimum atomic E-state index is -0.387. The molecule has 0 unspecified atom stereocenters. The van der Waals surface area contributed by atoms with Gasteiger partial charge in [-0.25, -0.2) is 0 Å². The summed E-state index contributed by atoms with van der Waals surface area (Å²) in [5.41, 5.74) is 8.33. The number of hydrogen-bond acceptors (Lipinski definition) is 4. The lowest BCUT2D eigenvalue weighted by Crippen LogP contribution is -2.51. The lowest BCUT2D eigenvalue weighted by atomic mass is 9.86. The van der Waals surface area contributed by atoms with E-state index in [0.717, 1.165) is 43.0 Å². The van der Waals surface area contributed by atoms with Crippen LogP contribution in [0.1, 0.15) is 31.7 Å². The molecule has 0 radical (unpaired) electrons. The van der Waals surface area contributed by atoms with Crippen molar-refractivity contribution >= 4 is 11.5 Å². The number of nitrogens with zero attached hydrogens (tertiary/aromatic N) is 1. The molecule has 5 heteroatoms.